The Balaban J connectivity index is 1.66. The monoisotopic (exact) mass is 264 g/mol. The molecule has 19 heavy (non-hydrogen) atoms. The van der Waals surface area contributed by atoms with Gasteiger partial charge in [0, 0.05) is 11.9 Å². The number of amides is 1. The van der Waals surface area contributed by atoms with Crippen LogP contribution in [-0.2, 0) is 20.9 Å². The lowest BCUT2D eigenvalue weighted by Crippen LogP contribution is -2.48. The highest BCUT2D eigenvalue weighted by Gasteiger charge is 2.52. The van der Waals surface area contributed by atoms with Crippen molar-refractivity contribution in [1.29, 1.82) is 0 Å². The molecular formula is C13H14NO5-. The fourth-order valence-electron chi connectivity index (χ4n) is 3.02. The average molecular weight is 264 g/mol. The van der Waals surface area contributed by atoms with Crippen molar-refractivity contribution >= 4 is 11.9 Å². The van der Waals surface area contributed by atoms with Gasteiger partial charge in [-0.05, 0) is 25.0 Å². The molecule has 6 heteroatoms. The van der Waals surface area contributed by atoms with E-state index in [9.17, 15) is 14.7 Å². The molecular weight excluding hydrogens is 250 g/mol. The zero-order valence-electron chi connectivity index (χ0n) is 10.2. The molecule has 0 spiro atoms. The SMILES string of the molecule is O=C([O-])C1C2CCC(O2)C1C(=O)NCc1ccco1. The van der Waals surface area contributed by atoms with Crippen LogP contribution in [0, 0.1) is 11.8 Å². The number of ether oxygens (including phenoxy) is 1. The van der Waals surface area contributed by atoms with E-state index in [1.54, 1.807) is 12.1 Å². The number of carbonyl (C=O) groups excluding carboxylic acids is 2. The quantitative estimate of drug-likeness (QED) is 0.787. The molecule has 1 amide bonds. The molecule has 0 aliphatic carbocycles. The molecule has 2 aliphatic heterocycles. The Bertz CT molecular complexity index is 483. The Morgan fingerprint density at radius 2 is 2.05 bits per heavy atom. The van der Waals surface area contributed by atoms with Crippen molar-refractivity contribution in [2.45, 2.75) is 31.6 Å². The van der Waals surface area contributed by atoms with Crippen molar-refractivity contribution in [3.05, 3.63) is 24.2 Å². The van der Waals surface area contributed by atoms with Crippen LogP contribution in [0.15, 0.2) is 22.8 Å². The summed E-state index contributed by atoms with van der Waals surface area (Å²) in [6.07, 6.45) is 2.25. The van der Waals surface area contributed by atoms with Gasteiger partial charge in [-0.2, -0.15) is 0 Å². The molecule has 0 saturated carbocycles. The smallest absolute Gasteiger partial charge is 0.226 e. The van der Waals surface area contributed by atoms with Gasteiger partial charge < -0.3 is 24.4 Å². The van der Waals surface area contributed by atoms with Crippen LogP contribution in [0.25, 0.3) is 0 Å². The lowest BCUT2D eigenvalue weighted by atomic mass is 9.79. The average Bonchev–Trinajstić information content (AvgIpc) is 3.10. The second-order valence-electron chi connectivity index (χ2n) is 4.96. The zero-order valence-corrected chi connectivity index (χ0v) is 10.2. The van der Waals surface area contributed by atoms with Gasteiger partial charge in [0.05, 0.1) is 30.9 Å². The molecule has 6 nitrogen and oxygen atoms in total. The lowest BCUT2D eigenvalue weighted by molar-refractivity contribution is -0.314. The van der Waals surface area contributed by atoms with Gasteiger partial charge in [-0.1, -0.05) is 0 Å². The third-order valence-electron chi connectivity index (χ3n) is 3.87. The third-order valence-corrected chi connectivity index (χ3v) is 3.87. The molecule has 2 aliphatic rings. The van der Waals surface area contributed by atoms with E-state index in [0.29, 0.717) is 12.2 Å². The fraction of sp³-hybridized carbons (Fsp3) is 0.538. The first-order valence-electron chi connectivity index (χ1n) is 6.33. The molecule has 2 bridgehead atoms. The molecule has 0 radical (unpaired) electrons. The largest absolute Gasteiger partial charge is 0.550 e. The summed E-state index contributed by atoms with van der Waals surface area (Å²) in [5.41, 5.74) is 0. The zero-order chi connectivity index (χ0) is 13.4. The maximum Gasteiger partial charge on any atom is 0.226 e. The number of carboxylic acids is 1. The predicted octanol–water partition coefficient (Wildman–Crippen LogP) is -0.561. The van der Waals surface area contributed by atoms with Gasteiger partial charge >= 0.3 is 0 Å². The predicted molar refractivity (Wildman–Crippen MR) is 60.4 cm³/mol. The van der Waals surface area contributed by atoms with E-state index >= 15 is 0 Å². The first kappa shape index (κ1) is 12.2. The van der Waals surface area contributed by atoms with Crippen molar-refractivity contribution in [2.75, 3.05) is 0 Å². The number of hydrogen-bond donors (Lipinski definition) is 1. The Hall–Kier alpha value is -1.82. The molecule has 1 aromatic heterocycles. The molecule has 4 unspecified atom stereocenters. The maximum atomic E-state index is 12.1. The van der Waals surface area contributed by atoms with Gasteiger partial charge in [0.25, 0.3) is 0 Å². The van der Waals surface area contributed by atoms with E-state index in [1.807, 2.05) is 0 Å². The van der Waals surface area contributed by atoms with Gasteiger partial charge in [0.15, 0.2) is 0 Å². The summed E-state index contributed by atoms with van der Waals surface area (Å²) < 4.78 is 10.6. The van der Waals surface area contributed by atoms with Gasteiger partial charge in [-0.25, -0.2) is 0 Å². The normalized spacial score (nSPS) is 32.4. The van der Waals surface area contributed by atoms with Crippen LogP contribution in [0.5, 0.6) is 0 Å². The summed E-state index contributed by atoms with van der Waals surface area (Å²) in [5, 5.41) is 13.8. The minimum Gasteiger partial charge on any atom is -0.550 e. The van der Waals surface area contributed by atoms with E-state index in [2.05, 4.69) is 5.32 Å². The number of carboxylic acid groups (broad SMARTS) is 1. The minimum atomic E-state index is -1.20. The summed E-state index contributed by atoms with van der Waals surface area (Å²) in [5.74, 6) is -2.38. The van der Waals surface area contributed by atoms with Crippen molar-refractivity contribution < 1.29 is 23.8 Å². The lowest BCUT2D eigenvalue weighted by Gasteiger charge is -2.27. The summed E-state index contributed by atoms with van der Waals surface area (Å²) in [4.78, 5) is 23.3. The van der Waals surface area contributed by atoms with Crippen molar-refractivity contribution in [1.82, 2.24) is 5.32 Å². The van der Waals surface area contributed by atoms with E-state index in [0.717, 1.165) is 6.42 Å². The van der Waals surface area contributed by atoms with Crippen LogP contribution in [-0.4, -0.2) is 24.1 Å². The summed E-state index contributed by atoms with van der Waals surface area (Å²) in [6, 6.07) is 3.47. The van der Waals surface area contributed by atoms with E-state index in [4.69, 9.17) is 9.15 Å². The molecule has 3 rings (SSSR count). The van der Waals surface area contributed by atoms with Gasteiger partial charge in [-0.15, -0.1) is 0 Å². The summed E-state index contributed by atoms with van der Waals surface area (Å²) in [7, 11) is 0. The number of fused-ring (bicyclic) bond motifs is 2. The summed E-state index contributed by atoms with van der Waals surface area (Å²) >= 11 is 0. The molecule has 1 aromatic rings. The number of hydrogen-bond acceptors (Lipinski definition) is 5. The van der Waals surface area contributed by atoms with E-state index < -0.39 is 17.8 Å². The Labute approximate surface area is 109 Å². The highest BCUT2D eigenvalue weighted by atomic mass is 16.5. The molecule has 102 valence electrons. The Morgan fingerprint density at radius 3 is 2.68 bits per heavy atom. The van der Waals surface area contributed by atoms with Crippen LogP contribution in [0.2, 0.25) is 0 Å². The van der Waals surface area contributed by atoms with Crippen LogP contribution < -0.4 is 10.4 Å². The van der Waals surface area contributed by atoms with Crippen LogP contribution in [0.4, 0.5) is 0 Å². The molecule has 2 saturated heterocycles. The standard InChI is InChI=1S/C13H15NO5/c15-12(14-6-7-2-1-5-18-7)10-8-3-4-9(19-8)11(10)13(16)17/h1-2,5,8-11H,3-4,6H2,(H,14,15)(H,16,17)/p-1. The van der Waals surface area contributed by atoms with Gasteiger partial charge in [0.1, 0.15) is 5.76 Å². The van der Waals surface area contributed by atoms with Crippen LogP contribution in [0.3, 0.4) is 0 Å². The highest BCUT2D eigenvalue weighted by Crippen LogP contribution is 2.43. The number of furan rings is 1. The topological polar surface area (TPSA) is 91.6 Å². The first-order chi connectivity index (χ1) is 9.16. The van der Waals surface area contributed by atoms with Crippen molar-refractivity contribution in [3.8, 4) is 0 Å². The number of carbonyl (C=O) groups is 2. The van der Waals surface area contributed by atoms with Crippen LogP contribution >= 0.6 is 0 Å². The highest BCUT2D eigenvalue weighted by molar-refractivity contribution is 5.85. The van der Waals surface area contributed by atoms with E-state index in [1.165, 1.54) is 6.26 Å². The van der Waals surface area contributed by atoms with Gasteiger partial charge in [0.2, 0.25) is 5.91 Å². The third kappa shape index (κ3) is 2.12. The van der Waals surface area contributed by atoms with E-state index in [-0.39, 0.29) is 24.7 Å². The molecule has 0 aromatic carbocycles. The first-order valence-corrected chi connectivity index (χ1v) is 6.33. The number of rotatable bonds is 4. The number of nitrogens with one attached hydrogen (secondary N) is 1. The molecule has 2 fully saturated rings. The fourth-order valence-corrected chi connectivity index (χ4v) is 3.02. The number of aliphatic carboxylic acids is 1. The van der Waals surface area contributed by atoms with Crippen molar-refractivity contribution in [3.63, 3.8) is 0 Å². The van der Waals surface area contributed by atoms with Crippen molar-refractivity contribution in [2.24, 2.45) is 11.8 Å². The van der Waals surface area contributed by atoms with Crippen LogP contribution in [0.1, 0.15) is 18.6 Å². The maximum absolute atomic E-state index is 12.1. The second kappa shape index (κ2) is 4.70. The minimum absolute atomic E-state index is 0.249. The Morgan fingerprint density at radius 1 is 1.32 bits per heavy atom. The molecule has 4 atom stereocenters. The molecule has 3 heterocycles. The Kier molecular flexibility index (Phi) is 3.02. The van der Waals surface area contributed by atoms with Gasteiger partial charge in [-0.3, -0.25) is 4.79 Å². The second-order valence-corrected chi connectivity index (χ2v) is 4.96. The summed E-state index contributed by atoms with van der Waals surface area (Å²) in [6.45, 7) is 0.249. The molecule has 1 N–H and O–H groups in total.